The van der Waals surface area contributed by atoms with E-state index in [1.807, 2.05) is 54.8 Å². The van der Waals surface area contributed by atoms with Gasteiger partial charge in [0.2, 0.25) is 5.16 Å². The van der Waals surface area contributed by atoms with Crippen LogP contribution in [0.3, 0.4) is 0 Å². The molecule has 140 valence electrons. The maximum Gasteiger partial charge on any atom is 0.211 e. The number of nitrogens with zero attached hydrogens (tertiary/aromatic N) is 4. The number of ether oxygens (including phenoxy) is 1. The van der Waals surface area contributed by atoms with Gasteiger partial charge in [0.05, 0.1) is 6.21 Å². The summed E-state index contributed by atoms with van der Waals surface area (Å²) < 4.78 is 7.66. The van der Waals surface area contributed by atoms with E-state index >= 15 is 0 Å². The Bertz CT molecular complexity index is 922. The predicted octanol–water partition coefficient (Wildman–Crippen LogP) is 5.24. The van der Waals surface area contributed by atoms with Gasteiger partial charge < -0.3 is 4.74 Å². The van der Waals surface area contributed by atoms with E-state index in [-0.39, 0.29) is 5.92 Å². The molecule has 0 atom stereocenters. The van der Waals surface area contributed by atoms with Crippen LogP contribution in [0.1, 0.15) is 36.7 Å². The quantitative estimate of drug-likeness (QED) is 0.402. The van der Waals surface area contributed by atoms with E-state index in [2.05, 4.69) is 29.1 Å². The van der Waals surface area contributed by atoms with Crippen molar-refractivity contribution in [2.24, 2.45) is 5.10 Å². The largest absolute Gasteiger partial charge is 0.489 e. The summed E-state index contributed by atoms with van der Waals surface area (Å²) >= 11 is 7.43. The summed E-state index contributed by atoms with van der Waals surface area (Å²) in [5.41, 5.74) is 2.01. The molecule has 0 saturated carbocycles. The van der Waals surface area contributed by atoms with Gasteiger partial charge >= 0.3 is 0 Å². The van der Waals surface area contributed by atoms with Gasteiger partial charge in [-0.05, 0) is 41.6 Å². The van der Waals surface area contributed by atoms with Gasteiger partial charge in [0.25, 0.3) is 0 Å². The Labute approximate surface area is 168 Å². The zero-order valence-corrected chi connectivity index (χ0v) is 17.0. The summed E-state index contributed by atoms with van der Waals surface area (Å²) in [6, 6.07) is 15.4. The second-order valence-corrected chi connectivity index (χ2v) is 7.45. The molecule has 0 spiro atoms. The van der Waals surface area contributed by atoms with E-state index in [1.165, 1.54) is 11.8 Å². The molecule has 0 amide bonds. The average molecular weight is 401 g/mol. The number of halogens is 1. The molecular formula is C20H21ClN4OS. The van der Waals surface area contributed by atoms with Gasteiger partial charge in [0, 0.05) is 10.9 Å². The number of aromatic nitrogens is 3. The molecule has 0 radical (unpaired) electrons. The molecule has 0 saturated heterocycles. The molecule has 27 heavy (non-hydrogen) atoms. The van der Waals surface area contributed by atoms with Crippen molar-refractivity contribution < 1.29 is 4.74 Å². The fourth-order valence-corrected chi connectivity index (χ4v) is 2.99. The number of hydrogen-bond donors (Lipinski definition) is 0. The van der Waals surface area contributed by atoms with Crippen molar-refractivity contribution >= 4 is 29.6 Å². The highest BCUT2D eigenvalue weighted by atomic mass is 35.5. The lowest BCUT2D eigenvalue weighted by Gasteiger charge is -2.07. The molecule has 2 aromatic carbocycles. The first-order valence-electron chi connectivity index (χ1n) is 8.58. The molecule has 0 N–H and O–H groups in total. The van der Waals surface area contributed by atoms with Crippen molar-refractivity contribution in [3.63, 3.8) is 0 Å². The van der Waals surface area contributed by atoms with Crippen LogP contribution >= 0.6 is 23.4 Å². The second kappa shape index (κ2) is 9.06. The van der Waals surface area contributed by atoms with Crippen molar-refractivity contribution in [2.75, 3.05) is 6.26 Å². The van der Waals surface area contributed by atoms with Gasteiger partial charge in [0.1, 0.15) is 12.4 Å². The standard InChI is InChI=1S/C20H21ClN4OS/c1-14(2)19-23-24-20(27-3)25(19)22-12-16-5-4-6-18(11-16)26-13-15-7-9-17(21)10-8-15/h4-12,14H,13H2,1-3H3/b22-12-. The fraction of sp³-hybridized carbons (Fsp3) is 0.250. The highest BCUT2D eigenvalue weighted by Gasteiger charge is 2.13. The van der Waals surface area contributed by atoms with Crippen LogP contribution in [0, 0.1) is 0 Å². The Morgan fingerprint density at radius 1 is 1.19 bits per heavy atom. The monoisotopic (exact) mass is 400 g/mol. The number of rotatable bonds is 7. The van der Waals surface area contributed by atoms with Crippen LogP contribution in [0.15, 0.2) is 58.8 Å². The average Bonchev–Trinajstić information content (AvgIpc) is 3.09. The van der Waals surface area contributed by atoms with Gasteiger partial charge in [-0.2, -0.15) is 9.78 Å². The molecule has 7 heteroatoms. The van der Waals surface area contributed by atoms with Crippen LogP contribution in [-0.2, 0) is 6.61 Å². The summed E-state index contributed by atoms with van der Waals surface area (Å²) in [7, 11) is 0. The number of benzene rings is 2. The smallest absolute Gasteiger partial charge is 0.211 e. The molecule has 0 fully saturated rings. The van der Waals surface area contributed by atoms with Gasteiger partial charge in [-0.25, -0.2) is 0 Å². The molecule has 0 unspecified atom stereocenters. The third kappa shape index (κ3) is 5.11. The van der Waals surface area contributed by atoms with Crippen LogP contribution in [0.2, 0.25) is 5.02 Å². The molecule has 0 bridgehead atoms. The summed E-state index contributed by atoms with van der Waals surface area (Å²) in [5.74, 6) is 1.86. The van der Waals surface area contributed by atoms with Crippen molar-refractivity contribution in [1.82, 2.24) is 14.9 Å². The lowest BCUT2D eigenvalue weighted by atomic mass is 10.2. The summed E-state index contributed by atoms with van der Waals surface area (Å²) in [4.78, 5) is 0. The molecule has 1 heterocycles. The minimum absolute atomic E-state index is 0.240. The fourth-order valence-electron chi connectivity index (χ4n) is 2.43. The lowest BCUT2D eigenvalue weighted by Crippen LogP contribution is -2.02. The molecule has 0 aliphatic carbocycles. The zero-order valence-electron chi connectivity index (χ0n) is 15.5. The summed E-state index contributed by atoms with van der Waals surface area (Å²) in [6.07, 6.45) is 3.76. The van der Waals surface area contributed by atoms with Crippen LogP contribution < -0.4 is 4.74 Å². The van der Waals surface area contributed by atoms with Crippen LogP contribution in [0.25, 0.3) is 0 Å². The highest BCUT2D eigenvalue weighted by molar-refractivity contribution is 7.98. The Morgan fingerprint density at radius 2 is 1.96 bits per heavy atom. The van der Waals surface area contributed by atoms with Crippen molar-refractivity contribution in [2.45, 2.75) is 31.5 Å². The third-order valence-electron chi connectivity index (χ3n) is 3.83. The molecule has 1 aromatic heterocycles. The second-order valence-electron chi connectivity index (χ2n) is 6.24. The minimum atomic E-state index is 0.240. The Morgan fingerprint density at radius 3 is 2.67 bits per heavy atom. The maximum absolute atomic E-state index is 5.91. The molecule has 3 rings (SSSR count). The predicted molar refractivity (Wildman–Crippen MR) is 111 cm³/mol. The number of thioether (sulfide) groups is 1. The topological polar surface area (TPSA) is 52.3 Å². The van der Waals surface area contributed by atoms with Crippen molar-refractivity contribution in [3.05, 3.63) is 70.5 Å². The maximum atomic E-state index is 5.91. The third-order valence-corrected chi connectivity index (χ3v) is 4.71. The molecule has 0 aliphatic rings. The normalized spacial score (nSPS) is 11.4. The first-order valence-corrected chi connectivity index (χ1v) is 10.2. The molecule has 0 aliphatic heterocycles. The Hall–Kier alpha value is -2.31. The number of hydrogen-bond acceptors (Lipinski definition) is 5. The molecule has 5 nitrogen and oxygen atoms in total. The van der Waals surface area contributed by atoms with Gasteiger partial charge in [0.15, 0.2) is 5.82 Å². The van der Waals surface area contributed by atoms with Crippen molar-refractivity contribution in [1.29, 1.82) is 0 Å². The van der Waals surface area contributed by atoms with Crippen LogP contribution in [0.4, 0.5) is 0 Å². The van der Waals surface area contributed by atoms with E-state index in [0.717, 1.165) is 32.9 Å². The van der Waals surface area contributed by atoms with Gasteiger partial charge in [-0.15, -0.1) is 10.2 Å². The molecule has 3 aromatic rings. The summed E-state index contributed by atoms with van der Waals surface area (Å²) in [6.45, 7) is 4.63. The van der Waals surface area contributed by atoms with Crippen LogP contribution in [-0.4, -0.2) is 27.3 Å². The highest BCUT2D eigenvalue weighted by Crippen LogP contribution is 2.20. The Kier molecular flexibility index (Phi) is 6.53. The summed E-state index contributed by atoms with van der Waals surface area (Å²) in [5, 5.41) is 14.5. The van der Waals surface area contributed by atoms with Gasteiger partial charge in [-0.3, -0.25) is 0 Å². The van der Waals surface area contributed by atoms with E-state index in [9.17, 15) is 0 Å². The SMILES string of the molecule is CSc1nnc(C(C)C)n1/N=C\c1cccc(OCc2ccc(Cl)cc2)c1. The first-order chi connectivity index (χ1) is 13.1. The zero-order chi connectivity index (χ0) is 19.2. The molecular weight excluding hydrogens is 380 g/mol. The van der Waals surface area contributed by atoms with E-state index in [4.69, 9.17) is 16.3 Å². The Balaban J connectivity index is 1.73. The van der Waals surface area contributed by atoms with E-state index in [0.29, 0.717) is 6.61 Å². The van der Waals surface area contributed by atoms with Crippen LogP contribution in [0.5, 0.6) is 5.75 Å². The lowest BCUT2D eigenvalue weighted by molar-refractivity contribution is 0.306. The van der Waals surface area contributed by atoms with E-state index in [1.54, 1.807) is 10.9 Å². The first kappa shape index (κ1) is 19.5. The van der Waals surface area contributed by atoms with Crippen molar-refractivity contribution in [3.8, 4) is 5.75 Å². The van der Waals surface area contributed by atoms with Gasteiger partial charge in [-0.1, -0.05) is 61.5 Å². The van der Waals surface area contributed by atoms with E-state index < -0.39 is 0 Å². The minimum Gasteiger partial charge on any atom is -0.489 e.